The van der Waals surface area contributed by atoms with E-state index < -0.39 is 0 Å². The summed E-state index contributed by atoms with van der Waals surface area (Å²) < 4.78 is 18.7. The van der Waals surface area contributed by atoms with Gasteiger partial charge in [0.05, 0.1) is 18.9 Å². The Hall–Kier alpha value is -2.60. The predicted molar refractivity (Wildman–Crippen MR) is 136 cm³/mol. The van der Waals surface area contributed by atoms with Crippen molar-refractivity contribution in [3.05, 3.63) is 65.6 Å². The van der Waals surface area contributed by atoms with Gasteiger partial charge in [0.2, 0.25) is 0 Å². The quantitative estimate of drug-likeness (QED) is 0.177. The number of rotatable bonds is 9. The Morgan fingerprint density at radius 1 is 1.24 bits per heavy atom. The third kappa shape index (κ3) is 6.94. The van der Waals surface area contributed by atoms with E-state index in [4.69, 9.17) is 18.9 Å². The van der Waals surface area contributed by atoms with Crippen molar-refractivity contribution < 1.29 is 13.9 Å². The molecule has 0 bridgehead atoms. The van der Waals surface area contributed by atoms with E-state index in [9.17, 15) is 0 Å². The highest BCUT2D eigenvalue weighted by Crippen LogP contribution is 2.31. The molecule has 1 atom stereocenters. The van der Waals surface area contributed by atoms with Gasteiger partial charge in [0.15, 0.2) is 11.8 Å². The number of hydrogen-bond acceptors (Lipinski definition) is 6. The maximum Gasteiger partial charge on any atom is 0.192 e. The largest absolute Gasteiger partial charge is 0.493 e. The molecule has 1 aromatic carbocycles. The lowest BCUT2D eigenvalue weighted by atomic mass is 10.0. The van der Waals surface area contributed by atoms with Crippen molar-refractivity contribution in [2.45, 2.75) is 39.0 Å². The summed E-state index contributed by atoms with van der Waals surface area (Å²) in [6, 6.07) is 12.0. The fourth-order valence-corrected chi connectivity index (χ4v) is 3.50. The van der Waals surface area contributed by atoms with E-state index in [1.165, 1.54) is 0 Å². The second-order valence-electron chi connectivity index (χ2n) is 7.67. The number of hydrogen-bond donors (Lipinski definition) is 2. The summed E-state index contributed by atoms with van der Waals surface area (Å²) in [6.45, 7) is 4.88. The van der Waals surface area contributed by atoms with Crippen molar-refractivity contribution in [3.63, 3.8) is 0 Å². The van der Waals surface area contributed by atoms with Gasteiger partial charge in [0, 0.05) is 32.2 Å². The molecule has 0 saturated carbocycles. The van der Waals surface area contributed by atoms with Gasteiger partial charge in [-0.1, -0.05) is 18.2 Å². The number of nitrogens with one attached hydrogen (secondary N) is 2. The van der Waals surface area contributed by atoms with E-state index in [0.717, 1.165) is 54.1 Å². The number of furan rings is 1. The van der Waals surface area contributed by atoms with Gasteiger partial charge >= 0.3 is 0 Å². The maximum absolute atomic E-state index is 5.79. The maximum atomic E-state index is 5.79. The van der Waals surface area contributed by atoms with E-state index in [1.54, 1.807) is 6.26 Å². The number of guanidine groups is 1. The van der Waals surface area contributed by atoms with Crippen LogP contribution >= 0.6 is 24.0 Å². The normalized spacial score (nSPS) is 15.3. The average Bonchev–Trinajstić information content (AvgIpc) is 3.45. The van der Waals surface area contributed by atoms with Gasteiger partial charge in [-0.25, -0.2) is 4.99 Å². The van der Waals surface area contributed by atoms with Gasteiger partial charge < -0.3 is 29.1 Å². The Labute approximate surface area is 211 Å². The third-order valence-corrected chi connectivity index (χ3v) is 5.41. The molecule has 9 nitrogen and oxygen atoms in total. The standard InChI is InChI=1S/C23H30N6O3.HI/c1-17-27-28-22(29(17)2)15-25-23(24-11-6-12-30-16-18-7-5-13-31-18)26-20-10-14-32-21-9-4-3-8-19(20)21;/h3-5,7-9,13,20H,6,10-12,14-16H2,1-2H3,(H2,24,25,26);1H. The molecule has 1 unspecified atom stereocenters. The van der Waals surface area contributed by atoms with Crippen LogP contribution in [0, 0.1) is 6.92 Å². The molecule has 2 aromatic heterocycles. The highest BCUT2D eigenvalue weighted by atomic mass is 127. The zero-order chi connectivity index (χ0) is 22.2. The topological polar surface area (TPSA) is 98.7 Å². The number of nitrogens with zero attached hydrogens (tertiary/aromatic N) is 4. The minimum absolute atomic E-state index is 0. The van der Waals surface area contributed by atoms with Crippen molar-refractivity contribution in [3.8, 4) is 5.75 Å². The first-order chi connectivity index (χ1) is 15.7. The second-order valence-corrected chi connectivity index (χ2v) is 7.67. The first kappa shape index (κ1) is 25.0. The van der Waals surface area contributed by atoms with Crippen molar-refractivity contribution in [2.24, 2.45) is 12.0 Å². The summed E-state index contributed by atoms with van der Waals surface area (Å²) in [5, 5.41) is 15.3. The highest BCUT2D eigenvalue weighted by molar-refractivity contribution is 14.0. The Bertz CT molecular complexity index is 1020. The van der Waals surface area contributed by atoms with Crippen LogP contribution in [-0.4, -0.2) is 40.5 Å². The molecule has 0 amide bonds. The van der Waals surface area contributed by atoms with Crippen LogP contribution in [0.25, 0.3) is 0 Å². The number of fused-ring (bicyclic) bond motifs is 1. The lowest BCUT2D eigenvalue weighted by Crippen LogP contribution is -2.41. The van der Waals surface area contributed by atoms with Crippen molar-refractivity contribution in [2.75, 3.05) is 19.8 Å². The zero-order valence-corrected chi connectivity index (χ0v) is 21.3. The number of halogens is 1. The molecule has 2 N–H and O–H groups in total. The van der Waals surface area contributed by atoms with Crippen LogP contribution in [0.4, 0.5) is 0 Å². The molecular formula is C23H31IN6O3. The van der Waals surface area contributed by atoms with Crippen LogP contribution in [0.15, 0.2) is 52.1 Å². The minimum atomic E-state index is 0. The molecule has 3 heterocycles. The van der Waals surface area contributed by atoms with Crippen LogP contribution in [0.3, 0.4) is 0 Å². The van der Waals surface area contributed by atoms with E-state index in [2.05, 4.69) is 26.9 Å². The molecule has 1 aliphatic heterocycles. The molecule has 33 heavy (non-hydrogen) atoms. The highest BCUT2D eigenvalue weighted by Gasteiger charge is 2.22. The molecule has 4 rings (SSSR count). The van der Waals surface area contributed by atoms with Gasteiger partial charge in [0.1, 0.15) is 30.5 Å². The summed E-state index contributed by atoms with van der Waals surface area (Å²) in [5.41, 5.74) is 1.14. The number of benzene rings is 1. The molecule has 0 spiro atoms. The smallest absolute Gasteiger partial charge is 0.192 e. The van der Waals surface area contributed by atoms with Gasteiger partial charge in [0.25, 0.3) is 0 Å². The van der Waals surface area contributed by atoms with Crippen LogP contribution in [-0.2, 0) is 24.9 Å². The van der Waals surface area contributed by atoms with Crippen LogP contribution in [0.2, 0.25) is 0 Å². The monoisotopic (exact) mass is 566 g/mol. The molecule has 0 radical (unpaired) electrons. The Kier molecular flexibility index (Phi) is 9.55. The molecule has 10 heteroatoms. The fraction of sp³-hybridized carbons (Fsp3) is 0.435. The number of aliphatic imine (C=N–C) groups is 1. The van der Waals surface area contributed by atoms with Crippen molar-refractivity contribution >= 4 is 29.9 Å². The summed E-state index contributed by atoms with van der Waals surface area (Å²) in [7, 11) is 1.95. The molecular weight excluding hydrogens is 535 g/mol. The van der Waals surface area contributed by atoms with Crippen LogP contribution in [0.5, 0.6) is 5.75 Å². The SMILES string of the molecule is Cc1nnc(CN=C(NCCCOCc2ccco2)NC2CCOc3ccccc32)n1C.I. The van der Waals surface area contributed by atoms with Gasteiger partial charge in [-0.05, 0) is 31.5 Å². The lowest BCUT2D eigenvalue weighted by molar-refractivity contribution is 0.105. The van der Waals surface area contributed by atoms with Crippen molar-refractivity contribution in [1.29, 1.82) is 0 Å². The summed E-state index contributed by atoms with van der Waals surface area (Å²) in [6.07, 6.45) is 3.36. The van der Waals surface area contributed by atoms with Crippen molar-refractivity contribution in [1.82, 2.24) is 25.4 Å². The zero-order valence-electron chi connectivity index (χ0n) is 19.0. The summed E-state index contributed by atoms with van der Waals surface area (Å²) in [5.74, 6) is 4.17. The van der Waals surface area contributed by atoms with Crippen LogP contribution in [0.1, 0.15) is 41.9 Å². The van der Waals surface area contributed by atoms with Gasteiger partial charge in [-0.15, -0.1) is 34.2 Å². The molecule has 1 aliphatic rings. The van der Waals surface area contributed by atoms with E-state index in [0.29, 0.717) is 26.4 Å². The number of aromatic nitrogens is 3. The number of para-hydroxylation sites is 1. The van der Waals surface area contributed by atoms with Crippen LogP contribution < -0.4 is 15.4 Å². The molecule has 3 aromatic rings. The first-order valence-electron chi connectivity index (χ1n) is 10.9. The molecule has 0 aliphatic carbocycles. The summed E-state index contributed by atoms with van der Waals surface area (Å²) >= 11 is 0. The summed E-state index contributed by atoms with van der Waals surface area (Å²) in [4.78, 5) is 4.77. The third-order valence-electron chi connectivity index (χ3n) is 5.41. The lowest BCUT2D eigenvalue weighted by Gasteiger charge is -2.28. The van der Waals surface area contributed by atoms with E-state index in [1.807, 2.05) is 48.9 Å². The Morgan fingerprint density at radius 2 is 2.12 bits per heavy atom. The average molecular weight is 566 g/mol. The fourth-order valence-electron chi connectivity index (χ4n) is 3.50. The second kappa shape index (κ2) is 12.6. The van der Waals surface area contributed by atoms with Gasteiger partial charge in [-0.3, -0.25) is 0 Å². The number of ether oxygens (including phenoxy) is 2. The van der Waals surface area contributed by atoms with E-state index in [-0.39, 0.29) is 30.0 Å². The predicted octanol–water partition coefficient (Wildman–Crippen LogP) is 3.50. The Balaban J connectivity index is 0.00000306. The molecule has 0 fully saturated rings. The first-order valence-corrected chi connectivity index (χ1v) is 10.9. The van der Waals surface area contributed by atoms with E-state index >= 15 is 0 Å². The Morgan fingerprint density at radius 3 is 2.91 bits per heavy atom. The molecule has 0 saturated heterocycles. The van der Waals surface area contributed by atoms with Gasteiger partial charge in [-0.2, -0.15) is 0 Å². The molecule has 178 valence electrons. The minimum Gasteiger partial charge on any atom is -0.493 e. The number of aryl methyl sites for hydroxylation is 1.